The molecule has 0 radical (unpaired) electrons. The molecule has 5 nitrogen and oxygen atoms in total. The maximum Gasteiger partial charge on any atom is 0.241 e. The van der Waals surface area contributed by atoms with Crippen molar-refractivity contribution in [3.63, 3.8) is 0 Å². The summed E-state index contributed by atoms with van der Waals surface area (Å²) in [5.41, 5.74) is 3.58. The number of anilines is 1. The van der Waals surface area contributed by atoms with Crippen molar-refractivity contribution in [2.24, 2.45) is 0 Å². The van der Waals surface area contributed by atoms with Crippen LogP contribution >= 0.6 is 0 Å². The molecule has 25 heavy (non-hydrogen) atoms. The molecule has 0 unspecified atom stereocenters. The fourth-order valence-corrected chi connectivity index (χ4v) is 3.90. The first-order valence-corrected chi connectivity index (χ1v) is 9.88. The summed E-state index contributed by atoms with van der Waals surface area (Å²) < 4.78 is 2.08. The fourth-order valence-electron chi connectivity index (χ4n) is 3.90. The molecule has 0 saturated heterocycles. The summed E-state index contributed by atoms with van der Waals surface area (Å²) in [5, 5.41) is 18.0. The Balaban J connectivity index is 1.77. The van der Waals surface area contributed by atoms with Crippen molar-refractivity contribution in [1.82, 2.24) is 14.6 Å². The van der Waals surface area contributed by atoms with Gasteiger partial charge in [0, 0.05) is 17.7 Å². The van der Waals surface area contributed by atoms with Crippen molar-refractivity contribution < 1.29 is 5.11 Å². The Morgan fingerprint density at radius 2 is 2.04 bits per heavy atom. The van der Waals surface area contributed by atoms with Crippen LogP contribution < -0.4 is 5.32 Å². The Morgan fingerprint density at radius 1 is 1.28 bits per heavy atom. The third-order valence-electron chi connectivity index (χ3n) is 5.48. The Morgan fingerprint density at radius 3 is 2.76 bits per heavy atom. The monoisotopic (exact) mass is 344 g/mol. The third kappa shape index (κ3) is 4.32. The molecule has 0 bridgehead atoms. The van der Waals surface area contributed by atoms with Crippen LogP contribution in [0.1, 0.15) is 82.4 Å². The first-order chi connectivity index (χ1) is 12.1. The Labute approximate surface area is 150 Å². The van der Waals surface area contributed by atoms with Gasteiger partial charge in [0.2, 0.25) is 5.95 Å². The molecule has 1 atom stereocenters. The van der Waals surface area contributed by atoms with E-state index in [1.165, 1.54) is 30.5 Å². The van der Waals surface area contributed by atoms with Gasteiger partial charge >= 0.3 is 0 Å². The maximum atomic E-state index is 9.78. The maximum absolute atomic E-state index is 9.78. The van der Waals surface area contributed by atoms with Crippen molar-refractivity contribution in [2.75, 3.05) is 5.32 Å². The predicted molar refractivity (Wildman–Crippen MR) is 102 cm³/mol. The molecule has 1 aliphatic rings. The van der Waals surface area contributed by atoms with E-state index in [1.54, 1.807) is 0 Å². The number of nitrogens with one attached hydrogen (secondary N) is 1. The van der Waals surface area contributed by atoms with Crippen molar-refractivity contribution in [1.29, 1.82) is 0 Å². The summed E-state index contributed by atoms with van der Waals surface area (Å²) in [6.07, 6.45) is 10.6. The molecule has 5 heteroatoms. The molecule has 1 saturated carbocycles. The second-order valence-corrected chi connectivity index (χ2v) is 7.68. The lowest BCUT2D eigenvalue weighted by molar-refractivity contribution is 0.121. The smallest absolute Gasteiger partial charge is 0.241 e. The first-order valence-electron chi connectivity index (χ1n) is 9.88. The molecule has 2 aromatic rings. The Hall–Kier alpha value is -1.62. The van der Waals surface area contributed by atoms with Gasteiger partial charge in [0.05, 0.1) is 17.8 Å². The van der Waals surface area contributed by atoms with Gasteiger partial charge in [-0.05, 0) is 57.6 Å². The summed E-state index contributed by atoms with van der Waals surface area (Å²) in [6, 6.07) is 2.63. The standard InChI is InChI=1S/C20H32N4O/c1-4-5-6-7-15(3)22-20-21-13-19-14(2)12-18(24(19)23-20)16-8-10-17(25)11-9-16/h12-13,15-17,25H,4-11H2,1-3H3,(H,22,23)/t15-,16?,17?/m0/s1. The molecule has 138 valence electrons. The van der Waals surface area contributed by atoms with E-state index in [0.717, 1.165) is 37.6 Å². The number of aliphatic hydroxyl groups is 1. The van der Waals surface area contributed by atoms with E-state index in [9.17, 15) is 5.11 Å². The van der Waals surface area contributed by atoms with Crippen LogP contribution in [0.4, 0.5) is 5.95 Å². The minimum Gasteiger partial charge on any atom is -0.393 e. The summed E-state index contributed by atoms with van der Waals surface area (Å²) in [7, 11) is 0. The molecule has 1 aliphatic carbocycles. The highest BCUT2D eigenvalue weighted by molar-refractivity contribution is 5.56. The third-order valence-corrected chi connectivity index (χ3v) is 5.48. The molecule has 0 aliphatic heterocycles. The summed E-state index contributed by atoms with van der Waals surface area (Å²) in [4.78, 5) is 4.52. The van der Waals surface area contributed by atoms with Gasteiger partial charge in [0.25, 0.3) is 0 Å². The van der Waals surface area contributed by atoms with E-state index >= 15 is 0 Å². The highest BCUT2D eigenvalue weighted by Crippen LogP contribution is 2.34. The molecule has 3 rings (SSSR count). The van der Waals surface area contributed by atoms with Crippen LogP contribution in [0.3, 0.4) is 0 Å². The zero-order chi connectivity index (χ0) is 17.8. The molecule has 2 N–H and O–H groups in total. The average molecular weight is 345 g/mol. The lowest BCUT2D eigenvalue weighted by Crippen LogP contribution is -2.20. The molecular formula is C20H32N4O. The van der Waals surface area contributed by atoms with Crippen LogP contribution in [0, 0.1) is 6.92 Å². The second-order valence-electron chi connectivity index (χ2n) is 7.68. The van der Waals surface area contributed by atoms with Crippen molar-refractivity contribution in [2.45, 2.75) is 90.2 Å². The topological polar surface area (TPSA) is 62.5 Å². The number of fused-ring (bicyclic) bond motifs is 1. The quantitative estimate of drug-likeness (QED) is 0.729. The molecule has 0 aromatic carbocycles. The minimum absolute atomic E-state index is 0.126. The zero-order valence-corrected chi connectivity index (χ0v) is 15.8. The molecule has 2 aromatic heterocycles. The lowest BCUT2D eigenvalue weighted by atomic mass is 9.85. The van der Waals surface area contributed by atoms with Gasteiger partial charge in [-0.2, -0.15) is 0 Å². The number of unbranched alkanes of at least 4 members (excludes halogenated alkanes) is 2. The van der Waals surface area contributed by atoms with Crippen LogP contribution in [-0.2, 0) is 0 Å². The van der Waals surface area contributed by atoms with Gasteiger partial charge < -0.3 is 10.4 Å². The van der Waals surface area contributed by atoms with Crippen LogP contribution in [0.25, 0.3) is 5.52 Å². The SMILES string of the molecule is CCCCC[C@H](C)Nc1ncc2c(C)cc(C3CCC(O)CC3)n2n1. The number of aryl methyl sites for hydroxylation is 1. The Kier molecular flexibility index (Phi) is 5.94. The van der Waals surface area contributed by atoms with E-state index < -0.39 is 0 Å². The summed E-state index contributed by atoms with van der Waals surface area (Å²) in [5.74, 6) is 1.19. The normalized spacial score (nSPS) is 22.2. The fraction of sp³-hybridized carbons (Fsp3) is 0.700. The van der Waals surface area contributed by atoms with Gasteiger partial charge in [-0.3, -0.25) is 0 Å². The van der Waals surface area contributed by atoms with E-state index in [-0.39, 0.29) is 6.10 Å². The highest BCUT2D eigenvalue weighted by Gasteiger charge is 2.24. The number of aliphatic hydroxyl groups excluding tert-OH is 1. The largest absolute Gasteiger partial charge is 0.393 e. The molecule has 0 spiro atoms. The van der Waals surface area contributed by atoms with E-state index in [0.29, 0.717) is 17.9 Å². The number of hydrogen-bond donors (Lipinski definition) is 2. The van der Waals surface area contributed by atoms with Crippen molar-refractivity contribution in [3.8, 4) is 0 Å². The summed E-state index contributed by atoms with van der Waals surface area (Å²) in [6.45, 7) is 6.56. The number of rotatable bonds is 7. The number of hydrogen-bond acceptors (Lipinski definition) is 4. The average Bonchev–Trinajstić information content (AvgIpc) is 2.92. The second kappa shape index (κ2) is 8.17. The highest BCUT2D eigenvalue weighted by atomic mass is 16.3. The van der Waals surface area contributed by atoms with Crippen LogP contribution in [0.5, 0.6) is 0 Å². The zero-order valence-electron chi connectivity index (χ0n) is 15.8. The molecule has 2 heterocycles. The van der Waals surface area contributed by atoms with Crippen LogP contribution in [0.15, 0.2) is 12.3 Å². The first kappa shape index (κ1) is 18.2. The van der Waals surface area contributed by atoms with Gasteiger partial charge in [-0.1, -0.05) is 26.2 Å². The molecule has 1 fully saturated rings. The van der Waals surface area contributed by atoms with Gasteiger partial charge in [0.15, 0.2) is 0 Å². The van der Waals surface area contributed by atoms with E-state index in [4.69, 9.17) is 5.10 Å². The Bertz CT molecular complexity index is 688. The van der Waals surface area contributed by atoms with Gasteiger partial charge in [0.1, 0.15) is 0 Å². The van der Waals surface area contributed by atoms with E-state index in [2.05, 4.69) is 41.7 Å². The minimum atomic E-state index is -0.126. The van der Waals surface area contributed by atoms with Gasteiger partial charge in [-0.25, -0.2) is 9.50 Å². The molecule has 0 amide bonds. The van der Waals surface area contributed by atoms with Crippen LogP contribution in [-0.4, -0.2) is 31.9 Å². The number of aromatic nitrogens is 3. The van der Waals surface area contributed by atoms with Crippen molar-refractivity contribution in [3.05, 3.63) is 23.5 Å². The predicted octanol–water partition coefficient (Wildman–Crippen LogP) is 4.44. The van der Waals surface area contributed by atoms with Gasteiger partial charge in [-0.15, -0.1) is 5.10 Å². The molecular weight excluding hydrogens is 312 g/mol. The lowest BCUT2D eigenvalue weighted by Gasteiger charge is -2.25. The summed E-state index contributed by atoms with van der Waals surface area (Å²) >= 11 is 0. The van der Waals surface area contributed by atoms with Crippen molar-refractivity contribution >= 4 is 11.5 Å². The van der Waals surface area contributed by atoms with E-state index in [1.807, 2.05) is 6.20 Å². The van der Waals surface area contributed by atoms with Crippen LogP contribution in [0.2, 0.25) is 0 Å². The number of nitrogens with zero attached hydrogens (tertiary/aromatic N) is 3.